The summed E-state index contributed by atoms with van der Waals surface area (Å²) in [4.78, 5) is 16.0. The van der Waals surface area contributed by atoms with Crippen molar-refractivity contribution in [2.24, 2.45) is 0 Å². The lowest BCUT2D eigenvalue weighted by Crippen LogP contribution is -2.26. The van der Waals surface area contributed by atoms with E-state index in [0.717, 1.165) is 0 Å². The van der Waals surface area contributed by atoms with Crippen molar-refractivity contribution in [3.05, 3.63) is 58.3 Å². The summed E-state index contributed by atoms with van der Waals surface area (Å²) < 4.78 is 29.5. The van der Waals surface area contributed by atoms with Crippen LogP contribution in [0.4, 0.5) is 8.78 Å². The predicted molar refractivity (Wildman–Crippen MR) is 80.9 cm³/mol. The van der Waals surface area contributed by atoms with Gasteiger partial charge in [-0.15, -0.1) is 0 Å². The standard InChI is InChI=1S/C15H13BrF2N2O2/c1-9(10-3-2-4-13(6-10)22-15(17)18)20-14(21)11-5-12(16)8-19-7-11/h2-9,15H,1H3,(H,20,21). The highest BCUT2D eigenvalue weighted by Gasteiger charge is 2.13. The van der Waals surface area contributed by atoms with Crippen LogP contribution in [0.3, 0.4) is 0 Å². The number of hydrogen-bond donors (Lipinski definition) is 1. The van der Waals surface area contributed by atoms with Crippen LogP contribution in [0.1, 0.15) is 28.9 Å². The minimum Gasteiger partial charge on any atom is -0.435 e. The van der Waals surface area contributed by atoms with E-state index in [9.17, 15) is 13.6 Å². The Hall–Kier alpha value is -2.02. The molecule has 0 fully saturated rings. The van der Waals surface area contributed by atoms with Crippen LogP contribution in [0, 0.1) is 0 Å². The molecule has 22 heavy (non-hydrogen) atoms. The number of carbonyl (C=O) groups excluding carboxylic acids is 1. The van der Waals surface area contributed by atoms with Gasteiger partial charge in [0, 0.05) is 16.9 Å². The molecule has 0 saturated carbocycles. The van der Waals surface area contributed by atoms with Crippen LogP contribution in [0.5, 0.6) is 5.75 Å². The lowest BCUT2D eigenvalue weighted by molar-refractivity contribution is -0.0499. The highest BCUT2D eigenvalue weighted by atomic mass is 79.9. The molecule has 0 spiro atoms. The van der Waals surface area contributed by atoms with Crippen LogP contribution in [0.2, 0.25) is 0 Å². The number of amides is 1. The average Bonchev–Trinajstić information content (AvgIpc) is 2.46. The molecule has 0 aliphatic rings. The molecule has 0 saturated heterocycles. The highest BCUT2D eigenvalue weighted by molar-refractivity contribution is 9.10. The lowest BCUT2D eigenvalue weighted by Gasteiger charge is -2.15. The normalized spacial score (nSPS) is 12.0. The predicted octanol–water partition coefficient (Wildman–Crippen LogP) is 3.94. The Morgan fingerprint density at radius 1 is 1.32 bits per heavy atom. The lowest BCUT2D eigenvalue weighted by atomic mass is 10.1. The van der Waals surface area contributed by atoms with Crippen molar-refractivity contribution in [2.45, 2.75) is 19.6 Å². The zero-order chi connectivity index (χ0) is 16.1. The molecular formula is C15H13BrF2N2O2. The SMILES string of the molecule is CC(NC(=O)c1cncc(Br)c1)c1cccc(OC(F)F)c1. The number of nitrogens with zero attached hydrogens (tertiary/aromatic N) is 1. The van der Waals surface area contributed by atoms with Gasteiger partial charge < -0.3 is 10.1 Å². The molecule has 0 radical (unpaired) electrons. The Labute approximate surface area is 134 Å². The second kappa shape index (κ2) is 7.31. The molecule has 1 amide bonds. The zero-order valence-electron chi connectivity index (χ0n) is 11.6. The van der Waals surface area contributed by atoms with Crippen molar-refractivity contribution >= 4 is 21.8 Å². The third-order valence-electron chi connectivity index (χ3n) is 2.90. The van der Waals surface area contributed by atoms with E-state index in [1.807, 2.05) is 0 Å². The average molecular weight is 371 g/mol. The molecule has 7 heteroatoms. The van der Waals surface area contributed by atoms with Crippen molar-refractivity contribution in [2.75, 3.05) is 0 Å². The summed E-state index contributed by atoms with van der Waals surface area (Å²) in [7, 11) is 0. The largest absolute Gasteiger partial charge is 0.435 e. The number of hydrogen-bond acceptors (Lipinski definition) is 3. The maximum absolute atomic E-state index is 12.2. The molecule has 0 aliphatic heterocycles. The molecule has 116 valence electrons. The van der Waals surface area contributed by atoms with Gasteiger partial charge in [0.25, 0.3) is 5.91 Å². The van der Waals surface area contributed by atoms with E-state index in [0.29, 0.717) is 15.6 Å². The molecular weight excluding hydrogens is 358 g/mol. The Bertz CT molecular complexity index is 667. The zero-order valence-corrected chi connectivity index (χ0v) is 13.2. The molecule has 1 N–H and O–H groups in total. The summed E-state index contributed by atoms with van der Waals surface area (Å²) in [6.45, 7) is -1.13. The maximum atomic E-state index is 12.2. The van der Waals surface area contributed by atoms with Gasteiger partial charge in [0.2, 0.25) is 0 Å². The maximum Gasteiger partial charge on any atom is 0.387 e. The van der Waals surface area contributed by atoms with Gasteiger partial charge in [-0.1, -0.05) is 12.1 Å². The summed E-state index contributed by atoms with van der Waals surface area (Å²) in [6, 6.07) is 7.50. The topological polar surface area (TPSA) is 51.2 Å². The second-order valence-electron chi connectivity index (χ2n) is 4.54. The van der Waals surface area contributed by atoms with Crippen LogP contribution in [0.15, 0.2) is 47.2 Å². The van der Waals surface area contributed by atoms with Gasteiger partial charge in [-0.2, -0.15) is 8.78 Å². The summed E-state index contributed by atoms with van der Waals surface area (Å²) in [6.07, 6.45) is 3.02. The third kappa shape index (κ3) is 4.49. The minimum atomic E-state index is -2.88. The summed E-state index contributed by atoms with van der Waals surface area (Å²) in [5, 5.41) is 2.78. The first-order valence-corrected chi connectivity index (χ1v) is 7.21. The van der Waals surface area contributed by atoms with Gasteiger partial charge in [0.05, 0.1) is 11.6 Å². The molecule has 1 aromatic carbocycles. The van der Waals surface area contributed by atoms with Crippen LogP contribution >= 0.6 is 15.9 Å². The number of rotatable bonds is 5. The number of ether oxygens (including phenoxy) is 1. The fourth-order valence-corrected chi connectivity index (χ4v) is 2.22. The molecule has 1 heterocycles. The van der Waals surface area contributed by atoms with E-state index in [-0.39, 0.29) is 17.7 Å². The van der Waals surface area contributed by atoms with Gasteiger partial charge in [-0.3, -0.25) is 9.78 Å². The van der Waals surface area contributed by atoms with Gasteiger partial charge >= 0.3 is 6.61 Å². The summed E-state index contributed by atoms with van der Waals surface area (Å²) >= 11 is 3.24. The van der Waals surface area contributed by atoms with Crippen molar-refractivity contribution in [3.63, 3.8) is 0 Å². The van der Waals surface area contributed by atoms with Crippen molar-refractivity contribution < 1.29 is 18.3 Å². The minimum absolute atomic E-state index is 0.0534. The highest BCUT2D eigenvalue weighted by Crippen LogP contribution is 2.21. The van der Waals surface area contributed by atoms with Gasteiger partial charge in [-0.05, 0) is 46.6 Å². The Morgan fingerprint density at radius 3 is 2.77 bits per heavy atom. The molecule has 2 aromatic rings. The molecule has 0 bridgehead atoms. The number of nitrogens with one attached hydrogen (secondary N) is 1. The number of carbonyl (C=O) groups is 1. The molecule has 1 unspecified atom stereocenters. The van der Waals surface area contributed by atoms with Crippen molar-refractivity contribution in [3.8, 4) is 5.75 Å². The van der Waals surface area contributed by atoms with E-state index in [2.05, 4.69) is 31.0 Å². The first-order chi connectivity index (χ1) is 10.5. The Balaban J connectivity index is 2.08. The van der Waals surface area contributed by atoms with E-state index < -0.39 is 6.61 Å². The van der Waals surface area contributed by atoms with E-state index >= 15 is 0 Å². The molecule has 1 atom stereocenters. The van der Waals surface area contributed by atoms with Gasteiger partial charge in [0.1, 0.15) is 5.75 Å². The van der Waals surface area contributed by atoms with E-state index in [4.69, 9.17) is 0 Å². The molecule has 2 rings (SSSR count). The fourth-order valence-electron chi connectivity index (χ4n) is 1.86. The molecule has 1 aromatic heterocycles. The van der Waals surface area contributed by atoms with Crippen LogP contribution < -0.4 is 10.1 Å². The molecule has 4 nitrogen and oxygen atoms in total. The monoisotopic (exact) mass is 370 g/mol. The quantitative estimate of drug-likeness (QED) is 0.867. The van der Waals surface area contributed by atoms with E-state index in [1.54, 1.807) is 31.3 Å². The number of pyridine rings is 1. The van der Waals surface area contributed by atoms with Crippen LogP contribution in [-0.2, 0) is 0 Å². The summed E-state index contributed by atoms with van der Waals surface area (Å²) in [5.74, 6) is -0.251. The number of aromatic nitrogens is 1. The second-order valence-corrected chi connectivity index (χ2v) is 5.45. The Kier molecular flexibility index (Phi) is 5.43. The Morgan fingerprint density at radius 2 is 2.09 bits per heavy atom. The molecule has 0 aliphatic carbocycles. The van der Waals surface area contributed by atoms with Crippen molar-refractivity contribution in [1.82, 2.24) is 10.3 Å². The van der Waals surface area contributed by atoms with Crippen molar-refractivity contribution in [1.29, 1.82) is 0 Å². The fraction of sp³-hybridized carbons (Fsp3) is 0.200. The first kappa shape index (κ1) is 16.4. The van der Waals surface area contributed by atoms with Gasteiger partial charge in [-0.25, -0.2) is 0 Å². The summed E-state index contributed by atoms with van der Waals surface area (Å²) in [5.41, 5.74) is 1.07. The number of benzene rings is 1. The number of halogens is 3. The van der Waals surface area contributed by atoms with Crippen LogP contribution in [-0.4, -0.2) is 17.5 Å². The number of alkyl halides is 2. The first-order valence-electron chi connectivity index (χ1n) is 6.42. The smallest absolute Gasteiger partial charge is 0.387 e. The van der Waals surface area contributed by atoms with E-state index in [1.165, 1.54) is 18.3 Å². The third-order valence-corrected chi connectivity index (χ3v) is 3.33. The van der Waals surface area contributed by atoms with Crippen LogP contribution in [0.25, 0.3) is 0 Å². The van der Waals surface area contributed by atoms with Gasteiger partial charge in [0.15, 0.2) is 0 Å².